The van der Waals surface area contributed by atoms with Gasteiger partial charge in [-0.25, -0.2) is 4.68 Å². The van der Waals surface area contributed by atoms with Crippen molar-refractivity contribution in [2.45, 2.75) is 25.8 Å². The molecule has 1 amide bonds. The van der Waals surface area contributed by atoms with Gasteiger partial charge in [0.05, 0.1) is 12.2 Å². The van der Waals surface area contributed by atoms with E-state index in [1.807, 2.05) is 4.68 Å². The molecule has 1 atom stereocenters. The Morgan fingerprint density at radius 3 is 2.95 bits per heavy atom. The number of nitrogens with zero attached hydrogens (tertiary/aromatic N) is 2. The van der Waals surface area contributed by atoms with Crippen LogP contribution in [0.3, 0.4) is 0 Å². The van der Waals surface area contributed by atoms with Gasteiger partial charge in [0.15, 0.2) is 10.4 Å². The van der Waals surface area contributed by atoms with Crippen molar-refractivity contribution in [3.8, 4) is 0 Å². The molecule has 1 aliphatic carbocycles. The molecule has 1 saturated carbocycles. The van der Waals surface area contributed by atoms with Crippen molar-refractivity contribution in [3.63, 3.8) is 0 Å². The van der Waals surface area contributed by atoms with Crippen LogP contribution in [0.1, 0.15) is 36.4 Å². The first-order valence-electron chi connectivity index (χ1n) is 6.25. The smallest absolute Gasteiger partial charge is 0.292 e. The lowest BCUT2D eigenvalue weighted by Gasteiger charge is -2.14. The van der Waals surface area contributed by atoms with Crippen LogP contribution in [0.4, 0.5) is 5.82 Å². The van der Waals surface area contributed by atoms with Crippen molar-refractivity contribution in [2.75, 3.05) is 5.32 Å². The maximum atomic E-state index is 12.0. The van der Waals surface area contributed by atoms with Crippen molar-refractivity contribution in [3.05, 3.63) is 34.8 Å². The van der Waals surface area contributed by atoms with Crippen LogP contribution < -0.4 is 5.32 Å². The van der Waals surface area contributed by atoms with Crippen LogP contribution in [0.25, 0.3) is 0 Å². The molecule has 1 unspecified atom stereocenters. The van der Waals surface area contributed by atoms with Gasteiger partial charge in [0, 0.05) is 6.07 Å². The fourth-order valence-corrected chi connectivity index (χ4v) is 2.44. The molecule has 2 aromatic rings. The lowest BCUT2D eigenvalue weighted by Crippen LogP contribution is -2.18. The first-order chi connectivity index (χ1) is 9.15. The molecular formula is C13H14BrN3O2. The van der Waals surface area contributed by atoms with Gasteiger partial charge in [-0.2, -0.15) is 5.10 Å². The summed E-state index contributed by atoms with van der Waals surface area (Å²) < 4.78 is 7.64. The van der Waals surface area contributed by atoms with E-state index >= 15 is 0 Å². The van der Waals surface area contributed by atoms with E-state index < -0.39 is 0 Å². The van der Waals surface area contributed by atoms with Gasteiger partial charge in [0.2, 0.25) is 0 Å². The zero-order valence-electron chi connectivity index (χ0n) is 10.5. The van der Waals surface area contributed by atoms with Crippen molar-refractivity contribution >= 4 is 27.7 Å². The van der Waals surface area contributed by atoms with Gasteiger partial charge < -0.3 is 9.73 Å². The molecule has 19 heavy (non-hydrogen) atoms. The molecule has 0 saturated heterocycles. The monoisotopic (exact) mass is 323 g/mol. The highest BCUT2D eigenvalue weighted by atomic mass is 79.9. The van der Waals surface area contributed by atoms with Crippen molar-refractivity contribution in [2.24, 2.45) is 5.92 Å². The van der Waals surface area contributed by atoms with Gasteiger partial charge in [0.25, 0.3) is 5.91 Å². The molecule has 1 aliphatic rings. The van der Waals surface area contributed by atoms with Gasteiger partial charge >= 0.3 is 0 Å². The number of anilines is 1. The Balaban J connectivity index is 1.76. The second-order valence-electron chi connectivity index (χ2n) is 4.80. The Labute approximate surface area is 119 Å². The number of halogens is 1. The predicted molar refractivity (Wildman–Crippen MR) is 74.0 cm³/mol. The van der Waals surface area contributed by atoms with Crippen LogP contribution in [0.5, 0.6) is 0 Å². The van der Waals surface area contributed by atoms with Crippen molar-refractivity contribution in [1.29, 1.82) is 0 Å². The molecule has 6 heteroatoms. The van der Waals surface area contributed by atoms with Gasteiger partial charge in [-0.3, -0.25) is 4.79 Å². The molecule has 2 heterocycles. The number of carbonyl (C=O) groups excluding carboxylic acids is 1. The summed E-state index contributed by atoms with van der Waals surface area (Å²) in [6.45, 7) is 2.13. The van der Waals surface area contributed by atoms with Gasteiger partial charge in [-0.1, -0.05) is 0 Å². The van der Waals surface area contributed by atoms with E-state index in [0.717, 1.165) is 0 Å². The summed E-state index contributed by atoms with van der Waals surface area (Å²) in [4.78, 5) is 12.0. The summed E-state index contributed by atoms with van der Waals surface area (Å²) >= 11 is 3.18. The number of aromatic nitrogens is 2. The third kappa shape index (κ3) is 2.58. The molecule has 0 aliphatic heterocycles. The van der Waals surface area contributed by atoms with Gasteiger partial charge in [-0.05, 0) is 53.7 Å². The third-order valence-electron chi connectivity index (χ3n) is 3.40. The maximum Gasteiger partial charge on any atom is 0.292 e. The van der Waals surface area contributed by atoms with E-state index in [1.165, 1.54) is 12.8 Å². The molecule has 1 fully saturated rings. The Morgan fingerprint density at radius 2 is 2.32 bits per heavy atom. The number of nitrogens with one attached hydrogen (secondary N) is 1. The van der Waals surface area contributed by atoms with E-state index in [2.05, 4.69) is 33.3 Å². The van der Waals surface area contributed by atoms with Gasteiger partial charge in [-0.15, -0.1) is 0 Å². The van der Waals surface area contributed by atoms with Crippen LogP contribution in [-0.4, -0.2) is 15.7 Å². The van der Waals surface area contributed by atoms with E-state index in [9.17, 15) is 4.79 Å². The molecule has 3 rings (SSSR count). The predicted octanol–water partition coefficient (Wildman–Crippen LogP) is 3.46. The number of amides is 1. The average Bonchev–Trinajstić information content (AvgIpc) is 2.99. The highest BCUT2D eigenvalue weighted by molar-refractivity contribution is 9.10. The topological polar surface area (TPSA) is 60.1 Å². The normalized spacial score (nSPS) is 16.3. The van der Waals surface area contributed by atoms with Gasteiger partial charge in [0.1, 0.15) is 5.82 Å². The maximum absolute atomic E-state index is 12.0. The quantitative estimate of drug-likeness (QED) is 0.937. The summed E-state index contributed by atoms with van der Waals surface area (Å²) in [6.07, 6.45) is 4.17. The van der Waals surface area contributed by atoms with E-state index in [0.29, 0.717) is 22.4 Å². The zero-order chi connectivity index (χ0) is 13.4. The highest BCUT2D eigenvalue weighted by Crippen LogP contribution is 2.40. The fraction of sp³-hybridized carbons (Fsp3) is 0.385. The van der Waals surface area contributed by atoms with Crippen LogP contribution in [0.15, 0.2) is 33.5 Å². The molecule has 0 bridgehead atoms. The molecular weight excluding hydrogens is 310 g/mol. The Morgan fingerprint density at radius 1 is 1.53 bits per heavy atom. The molecule has 0 aromatic carbocycles. The Hall–Kier alpha value is -1.56. The number of hydrogen-bond acceptors (Lipinski definition) is 3. The lowest BCUT2D eigenvalue weighted by atomic mass is 10.2. The zero-order valence-corrected chi connectivity index (χ0v) is 12.1. The minimum atomic E-state index is -0.268. The van der Waals surface area contributed by atoms with E-state index in [4.69, 9.17) is 4.42 Å². The first kappa shape index (κ1) is 12.5. The Bertz CT molecular complexity index is 601. The SMILES string of the molecule is CC(C1CC1)n1nccc1NC(=O)c1ccc(Br)o1. The van der Waals surface area contributed by atoms with E-state index in [1.54, 1.807) is 24.4 Å². The average molecular weight is 324 g/mol. The summed E-state index contributed by atoms with van der Waals surface area (Å²) in [7, 11) is 0. The second-order valence-corrected chi connectivity index (χ2v) is 5.58. The summed E-state index contributed by atoms with van der Waals surface area (Å²) in [5.41, 5.74) is 0. The number of hydrogen-bond donors (Lipinski definition) is 1. The largest absolute Gasteiger partial charge is 0.444 e. The summed E-state index contributed by atoms with van der Waals surface area (Å²) in [5, 5.41) is 7.12. The highest BCUT2D eigenvalue weighted by Gasteiger charge is 2.30. The van der Waals surface area contributed by atoms with Crippen molar-refractivity contribution < 1.29 is 9.21 Å². The van der Waals surface area contributed by atoms with Crippen LogP contribution in [0, 0.1) is 5.92 Å². The van der Waals surface area contributed by atoms with Crippen LogP contribution in [-0.2, 0) is 0 Å². The number of carbonyl (C=O) groups is 1. The standard InChI is InChI=1S/C13H14BrN3O2/c1-8(9-2-3-9)17-12(6-7-15-17)16-13(18)10-4-5-11(14)19-10/h4-9H,2-3H2,1H3,(H,16,18). The fourth-order valence-electron chi connectivity index (χ4n) is 2.13. The van der Waals surface area contributed by atoms with E-state index in [-0.39, 0.29) is 11.7 Å². The molecule has 100 valence electrons. The summed E-state index contributed by atoms with van der Waals surface area (Å²) in [5.74, 6) is 1.39. The van der Waals surface area contributed by atoms with Crippen molar-refractivity contribution in [1.82, 2.24) is 9.78 Å². The molecule has 5 nitrogen and oxygen atoms in total. The van der Waals surface area contributed by atoms with Crippen LogP contribution >= 0.6 is 15.9 Å². The molecule has 0 radical (unpaired) electrons. The second kappa shape index (κ2) is 4.85. The lowest BCUT2D eigenvalue weighted by molar-refractivity contribution is 0.0994. The Kier molecular flexibility index (Phi) is 3.18. The van der Waals surface area contributed by atoms with Crippen LogP contribution in [0.2, 0.25) is 0 Å². The third-order valence-corrected chi connectivity index (χ3v) is 3.83. The first-order valence-corrected chi connectivity index (χ1v) is 7.04. The summed E-state index contributed by atoms with van der Waals surface area (Å²) in [6, 6.07) is 5.44. The number of furan rings is 1. The number of rotatable bonds is 4. The minimum Gasteiger partial charge on any atom is -0.444 e. The molecule has 2 aromatic heterocycles. The minimum absolute atomic E-state index is 0.268. The molecule has 1 N–H and O–H groups in total. The molecule has 0 spiro atoms.